The van der Waals surface area contributed by atoms with Crippen molar-refractivity contribution in [3.05, 3.63) is 399 Å². The van der Waals surface area contributed by atoms with Gasteiger partial charge in [-0.15, -0.1) is 0 Å². The first-order valence-electron chi connectivity index (χ1n) is 40.8. The third-order valence-electron chi connectivity index (χ3n) is 22.2. The van der Waals surface area contributed by atoms with E-state index in [2.05, 4.69) is 68.6 Å². The monoisotopic (exact) mass is 1610 g/mol. The molecule has 0 aliphatic heterocycles. The highest BCUT2D eigenvalue weighted by atomic mass is 15.1. The molecule has 0 amide bonds. The second-order valence-corrected chi connectivity index (χ2v) is 30.1. The predicted octanol–water partition coefficient (Wildman–Crippen LogP) is 24.2. The Morgan fingerprint density at radius 1 is 0.198 bits per heavy atom. The van der Waals surface area contributed by atoms with E-state index in [0.717, 1.165) is 110 Å². The minimum Gasteiger partial charge on any atom is -0.309 e. The Kier molecular flexibility index (Phi) is 18.8. The van der Waals surface area contributed by atoms with Gasteiger partial charge in [-0.25, -0.2) is 79.6 Å². The van der Waals surface area contributed by atoms with Crippen molar-refractivity contribution < 1.29 is 0 Å². The van der Waals surface area contributed by atoms with E-state index in [1.54, 1.807) is 0 Å². The molecule has 126 heavy (non-hydrogen) atoms. The van der Waals surface area contributed by atoms with E-state index in [1.807, 2.05) is 334 Å². The van der Waals surface area contributed by atoms with Gasteiger partial charge in [0, 0.05) is 105 Å². The van der Waals surface area contributed by atoms with Gasteiger partial charge in [0.2, 0.25) is 0 Å². The standard InChI is InChI=1S/C107H63N19/c1-109-80-52-58-92(126-89-56-50-78(104-118-97(71-37-19-6-20-38-71)112-98(119-104)72-39-21-7-22-40-72)62-83(89)84-63-79(51-57-90(84)126)105-120-99(73-41-23-8-24-42-73)113-100(121-105)74-43-25-9-26-44-74)86(64-80)107-123-101(75-45-27-10-28-46-75)122-106(124-107)85-59-66(65-108)47-53-91(85)125-87-54-48-76(102-114-93(67-29-11-2-12-30-67)110-94(115-102)68-31-13-3-14-32-68)60-81(87)82-61-77(49-55-88(82)125)103-116-95(69-33-15-4-16-34-69)111-96(117-103)70-35-17-5-18-36-70/h2-64H. The lowest BCUT2D eigenvalue weighted by Crippen LogP contribution is -2.06. The molecule has 0 saturated carbocycles. The van der Waals surface area contributed by atoms with Gasteiger partial charge in [0.1, 0.15) is 0 Å². The van der Waals surface area contributed by atoms with Crippen LogP contribution in [-0.4, -0.2) is 83.9 Å². The molecule has 0 saturated heterocycles. The summed E-state index contributed by atoms with van der Waals surface area (Å²) in [5.74, 6) is 6.82. The summed E-state index contributed by atoms with van der Waals surface area (Å²) < 4.78 is 4.38. The minimum atomic E-state index is 0.244. The van der Waals surface area contributed by atoms with Crippen molar-refractivity contribution in [3.8, 4) is 188 Å². The van der Waals surface area contributed by atoms with Crippen molar-refractivity contribution >= 4 is 49.3 Å². The zero-order chi connectivity index (χ0) is 84.0. The number of fused-ring (bicyclic) bond motifs is 6. The van der Waals surface area contributed by atoms with Gasteiger partial charge in [0.15, 0.2) is 93.1 Å². The van der Waals surface area contributed by atoms with Crippen LogP contribution in [0, 0.1) is 17.9 Å². The van der Waals surface area contributed by atoms with E-state index >= 15 is 0 Å². The van der Waals surface area contributed by atoms with E-state index in [4.69, 9.17) is 81.3 Å². The van der Waals surface area contributed by atoms with Crippen LogP contribution in [0.4, 0.5) is 5.69 Å². The summed E-state index contributed by atoms with van der Waals surface area (Å²) >= 11 is 0. The maximum absolute atomic E-state index is 11.2. The maximum atomic E-state index is 11.2. The van der Waals surface area contributed by atoms with Gasteiger partial charge in [-0.2, -0.15) is 5.26 Å². The fourth-order valence-electron chi connectivity index (χ4n) is 16.2. The van der Waals surface area contributed by atoms with Crippen molar-refractivity contribution in [1.82, 2.24) is 83.9 Å². The number of nitriles is 1. The Hall–Kier alpha value is -18.1. The molecule has 0 fully saturated rings. The number of aromatic nitrogens is 17. The topological polar surface area (TPSA) is 231 Å². The Morgan fingerprint density at radius 2 is 0.397 bits per heavy atom. The van der Waals surface area contributed by atoms with Crippen LogP contribution in [0.2, 0.25) is 0 Å². The van der Waals surface area contributed by atoms with Crippen molar-refractivity contribution in [2.45, 2.75) is 0 Å². The SMILES string of the molecule is [C-]#[N+]c1ccc(-n2c3ccc(-c4nc(-c5ccccc5)nc(-c5ccccc5)n4)cc3c3cc(-c4nc(-c5ccccc5)nc(-c5ccccc5)n4)ccc32)c(-c2nc(-c3ccccc3)nc(-c3cc(C#N)ccc3-n3c4ccc(-c5nc(-c6ccccc6)nc(-c6ccccc6)n5)cc4c4cc(-c5nc(-c6ccccc6)nc(-c6ccccc6)n5)ccc43)n2)c1. The largest absolute Gasteiger partial charge is 0.309 e. The highest BCUT2D eigenvalue weighted by molar-refractivity contribution is 6.13. The molecule has 0 spiro atoms. The van der Waals surface area contributed by atoms with E-state index in [-0.39, 0.29) is 11.6 Å². The van der Waals surface area contributed by atoms with Gasteiger partial charge in [-0.05, 0) is 103 Å². The Labute approximate surface area is 721 Å². The fraction of sp³-hybridized carbons (Fsp3) is 0. The number of hydrogen-bond acceptors (Lipinski definition) is 16. The van der Waals surface area contributed by atoms with Gasteiger partial charge in [0.25, 0.3) is 0 Å². The van der Waals surface area contributed by atoms with Crippen LogP contribution in [0.5, 0.6) is 0 Å². The van der Waals surface area contributed by atoms with E-state index in [1.165, 1.54) is 0 Å². The molecule has 0 radical (unpaired) electrons. The number of hydrogen-bond donors (Lipinski definition) is 0. The molecule has 15 aromatic carbocycles. The van der Waals surface area contributed by atoms with Crippen LogP contribution in [0.25, 0.3) is 231 Å². The predicted molar refractivity (Wildman–Crippen MR) is 495 cm³/mol. The third kappa shape index (κ3) is 14.1. The number of rotatable bonds is 17. The molecule has 19 nitrogen and oxygen atoms in total. The first-order chi connectivity index (χ1) is 62.3. The summed E-state index contributed by atoms with van der Waals surface area (Å²) in [6, 6.07) is 128. The van der Waals surface area contributed by atoms with Crippen molar-refractivity contribution in [3.63, 3.8) is 0 Å². The second kappa shape index (κ2) is 31.9. The zero-order valence-electron chi connectivity index (χ0n) is 66.9. The van der Waals surface area contributed by atoms with E-state index < -0.39 is 0 Å². The third-order valence-corrected chi connectivity index (χ3v) is 22.2. The van der Waals surface area contributed by atoms with Crippen LogP contribution in [0.15, 0.2) is 382 Å². The molecule has 22 aromatic rings. The smallest absolute Gasteiger partial charge is 0.188 e. The lowest BCUT2D eigenvalue weighted by molar-refractivity contribution is 1.06. The van der Waals surface area contributed by atoms with Crippen LogP contribution >= 0.6 is 0 Å². The Morgan fingerprint density at radius 3 is 0.619 bits per heavy atom. The minimum absolute atomic E-state index is 0.244. The average molecular weight is 1610 g/mol. The second-order valence-electron chi connectivity index (χ2n) is 30.1. The van der Waals surface area contributed by atoms with E-state index in [0.29, 0.717) is 115 Å². The molecule has 19 heteroatoms. The Bertz CT molecular complexity index is 7020. The van der Waals surface area contributed by atoms with Crippen LogP contribution in [0.1, 0.15) is 5.56 Å². The molecule has 0 unspecified atom stereocenters. The van der Waals surface area contributed by atoms with Gasteiger partial charge < -0.3 is 9.13 Å². The summed E-state index contributed by atoms with van der Waals surface area (Å²) in [5, 5.41) is 14.5. The number of benzene rings is 15. The molecule has 0 N–H and O–H groups in total. The highest BCUT2D eigenvalue weighted by Gasteiger charge is 2.28. The quantitative estimate of drug-likeness (QED) is 0.0771. The highest BCUT2D eigenvalue weighted by Crippen LogP contribution is 2.45. The average Bonchev–Trinajstić information content (AvgIpc) is 1.57. The van der Waals surface area contributed by atoms with Crippen molar-refractivity contribution in [2.24, 2.45) is 0 Å². The van der Waals surface area contributed by atoms with Crippen molar-refractivity contribution in [1.29, 1.82) is 5.26 Å². The number of nitrogens with zero attached hydrogens (tertiary/aromatic N) is 19. The van der Waals surface area contributed by atoms with Gasteiger partial charge in [-0.1, -0.05) is 279 Å². The molecule has 0 atom stereocenters. The summed E-state index contributed by atoms with van der Waals surface area (Å²) in [5.41, 5.74) is 16.4. The molecule has 7 aromatic heterocycles. The first kappa shape index (κ1) is 74.2. The molecular weight excluding hydrogens is 1550 g/mol. The van der Waals surface area contributed by atoms with Gasteiger partial charge in [-0.3, -0.25) is 0 Å². The van der Waals surface area contributed by atoms with Gasteiger partial charge >= 0.3 is 0 Å². The maximum Gasteiger partial charge on any atom is 0.188 e. The zero-order valence-corrected chi connectivity index (χ0v) is 66.9. The normalized spacial score (nSPS) is 11.3. The lowest BCUT2D eigenvalue weighted by Gasteiger charge is -2.17. The van der Waals surface area contributed by atoms with Crippen LogP contribution in [-0.2, 0) is 0 Å². The molecular formula is C107H63N19. The fourth-order valence-corrected chi connectivity index (χ4v) is 16.2. The van der Waals surface area contributed by atoms with E-state index in [9.17, 15) is 5.26 Å². The summed E-state index contributed by atoms with van der Waals surface area (Å²) in [7, 11) is 0. The summed E-state index contributed by atoms with van der Waals surface area (Å²) in [4.78, 5) is 82.8. The summed E-state index contributed by atoms with van der Waals surface area (Å²) in [6.07, 6.45) is 0. The van der Waals surface area contributed by atoms with Crippen LogP contribution in [0.3, 0.4) is 0 Å². The molecule has 0 aliphatic carbocycles. The summed E-state index contributed by atoms with van der Waals surface area (Å²) in [6.45, 7) is 8.72. The molecule has 7 heterocycles. The Balaban J connectivity index is 0.764. The molecule has 586 valence electrons. The lowest BCUT2D eigenvalue weighted by atomic mass is 10.1. The molecule has 22 rings (SSSR count). The van der Waals surface area contributed by atoms with Gasteiger partial charge in [0.05, 0.1) is 51.6 Å². The first-order valence-corrected chi connectivity index (χ1v) is 40.8. The van der Waals surface area contributed by atoms with Crippen LogP contribution < -0.4 is 0 Å². The molecule has 0 aliphatic rings. The molecule has 0 bridgehead atoms. The van der Waals surface area contributed by atoms with Crippen molar-refractivity contribution in [2.75, 3.05) is 0 Å².